The first-order chi connectivity index (χ1) is 8.26. The second-order valence-electron chi connectivity index (χ2n) is 4.87. The summed E-state index contributed by atoms with van der Waals surface area (Å²) in [5.74, 6) is 0. The van der Waals surface area contributed by atoms with Crippen molar-refractivity contribution in [2.24, 2.45) is 0 Å². The van der Waals surface area contributed by atoms with Crippen LogP contribution in [0.2, 0.25) is 3.43 Å². The van der Waals surface area contributed by atoms with E-state index >= 15 is 0 Å². The Morgan fingerprint density at radius 2 is 1.59 bits per heavy atom. The molecule has 0 aliphatic rings. The van der Waals surface area contributed by atoms with Gasteiger partial charge in [0.05, 0.1) is 0 Å². The Morgan fingerprint density at radius 3 is 2.00 bits per heavy atom. The predicted molar refractivity (Wildman–Crippen MR) is 77.0 cm³/mol. The van der Waals surface area contributed by atoms with E-state index in [0.29, 0.717) is 3.43 Å². The SMILES string of the molecule is CCC[C](CCC)(CCC)[Sn][c]1ccccn1. The molecule has 0 fully saturated rings. The average Bonchev–Trinajstić information content (AvgIpc) is 2.31. The van der Waals surface area contributed by atoms with Crippen LogP contribution in [-0.2, 0) is 0 Å². The van der Waals surface area contributed by atoms with Crippen LogP contribution in [0.5, 0.6) is 0 Å². The molecule has 0 unspecified atom stereocenters. The number of hydrogen-bond donors (Lipinski definition) is 0. The first-order valence-electron chi connectivity index (χ1n) is 6.95. The van der Waals surface area contributed by atoms with Gasteiger partial charge in [-0.1, -0.05) is 0 Å². The van der Waals surface area contributed by atoms with Crippen molar-refractivity contribution in [3.63, 3.8) is 0 Å². The normalized spacial score (nSPS) is 11.7. The average molecular weight is 338 g/mol. The zero-order chi connectivity index (χ0) is 12.6. The molecule has 17 heavy (non-hydrogen) atoms. The molecule has 0 saturated carbocycles. The summed E-state index contributed by atoms with van der Waals surface area (Å²) in [5.41, 5.74) is 0. The van der Waals surface area contributed by atoms with E-state index in [1.54, 1.807) is 0 Å². The standard InChI is InChI=1S/C10H21.C5H4N.Sn/c1-4-7-10(8-5-2)9-6-3;1-2-4-6-5-3-1;/h4-9H2,1-3H3;1-4H;. The minimum absolute atomic E-state index is 0.563. The van der Waals surface area contributed by atoms with Crippen molar-refractivity contribution < 1.29 is 0 Å². The van der Waals surface area contributed by atoms with Gasteiger partial charge in [-0.25, -0.2) is 0 Å². The number of aromatic nitrogens is 1. The number of hydrogen-bond acceptors (Lipinski definition) is 1. The van der Waals surface area contributed by atoms with Crippen LogP contribution in [0.4, 0.5) is 0 Å². The summed E-state index contributed by atoms with van der Waals surface area (Å²) >= 11 is -0.563. The van der Waals surface area contributed by atoms with Crippen LogP contribution in [0.3, 0.4) is 0 Å². The third-order valence-electron chi connectivity index (χ3n) is 3.24. The third-order valence-corrected chi connectivity index (χ3v) is 8.47. The van der Waals surface area contributed by atoms with Crippen molar-refractivity contribution in [3.05, 3.63) is 24.4 Å². The van der Waals surface area contributed by atoms with Gasteiger partial charge in [0.1, 0.15) is 0 Å². The van der Waals surface area contributed by atoms with Crippen molar-refractivity contribution in [1.29, 1.82) is 0 Å². The molecule has 0 spiro atoms. The van der Waals surface area contributed by atoms with E-state index in [1.165, 1.54) is 42.2 Å². The summed E-state index contributed by atoms with van der Waals surface area (Å²) in [6.45, 7) is 6.99. The minimum atomic E-state index is -0.563. The molecule has 0 bridgehead atoms. The van der Waals surface area contributed by atoms with E-state index in [0.717, 1.165) is 0 Å². The Morgan fingerprint density at radius 1 is 1.00 bits per heavy atom. The topological polar surface area (TPSA) is 12.9 Å². The Kier molecular flexibility index (Phi) is 7.17. The molecular weight excluding hydrogens is 313 g/mol. The van der Waals surface area contributed by atoms with E-state index in [1.807, 2.05) is 12.3 Å². The molecule has 1 heterocycles. The molecule has 2 radical (unpaired) electrons. The summed E-state index contributed by atoms with van der Waals surface area (Å²) in [6, 6.07) is 6.43. The van der Waals surface area contributed by atoms with Crippen LogP contribution in [0, 0.1) is 0 Å². The molecule has 0 saturated heterocycles. The van der Waals surface area contributed by atoms with Crippen molar-refractivity contribution >= 4 is 24.9 Å². The van der Waals surface area contributed by atoms with Gasteiger partial charge >= 0.3 is 117 Å². The van der Waals surface area contributed by atoms with Gasteiger partial charge in [0.2, 0.25) is 0 Å². The number of pyridine rings is 1. The fraction of sp³-hybridized carbons (Fsp3) is 0.667. The Labute approximate surface area is 117 Å². The monoisotopic (exact) mass is 339 g/mol. The molecule has 0 aromatic carbocycles. The van der Waals surface area contributed by atoms with Gasteiger partial charge in [-0.15, -0.1) is 0 Å². The van der Waals surface area contributed by atoms with Gasteiger partial charge in [0.25, 0.3) is 0 Å². The van der Waals surface area contributed by atoms with Gasteiger partial charge in [-0.3, -0.25) is 0 Å². The predicted octanol–water partition coefficient (Wildman–Crippen LogP) is 3.97. The molecule has 0 amide bonds. The second-order valence-corrected chi connectivity index (χ2v) is 10.1. The summed E-state index contributed by atoms with van der Waals surface area (Å²) in [5, 5.41) is 0. The van der Waals surface area contributed by atoms with Crippen LogP contribution < -0.4 is 3.71 Å². The van der Waals surface area contributed by atoms with Gasteiger partial charge in [0.15, 0.2) is 0 Å². The Hall–Kier alpha value is -0.0513. The molecule has 1 aromatic rings. The summed E-state index contributed by atoms with van der Waals surface area (Å²) < 4.78 is 2.10. The van der Waals surface area contributed by atoms with Crippen LogP contribution in [0.1, 0.15) is 59.3 Å². The number of nitrogens with zero attached hydrogens (tertiary/aromatic N) is 1. The fourth-order valence-electron chi connectivity index (χ4n) is 2.71. The third kappa shape index (κ3) is 4.99. The fourth-order valence-corrected chi connectivity index (χ4v) is 8.38. The molecule has 1 rings (SSSR count). The summed E-state index contributed by atoms with van der Waals surface area (Å²) in [7, 11) is 0. The van der Waals surface area contributed by atoms with E-state index in [9.17, 15) is 0 Å². The first-order valence-corrected chi connectivity index (χ1v) is 9.81. The van der Waals surface area contributed by atoms with E-state index < -0.39 is 21.1 Å². The van der Waals surface area contributed by atoms with E-state index in [2.05, 4.69) is 37.9 Å². The van der Waals surface area contributed by atoms with Crippen LogP contribution in [0.15, 0.2) is 24.4 Å². The van der Waals surface area contributed by atoms with Crippen LogP contribution in [-0.4, -0.2) is 26.1 Å². The van der Waals surface area contributed by atoms with Crippen molar-refractivity contribution in [2.45, 2.75) is 62.7 Å². The molecule has 0 aliphatic heterocycles. The van der Waals surface area contributed by atoms with Gasteiger partial charge in [-0.05, 0) is 0 Å². The molecule has 0 N–H and O–H groups in total. The molecule has 2 heteroatoms. The molecule has 0 atom stereocenters. The maximum atomic E-state index is 4.59. The summed E-state index contributed by atoms with van der Waals surface area (Å²) in [6.07, 6.45) is 10.2. The molecule has 0 aliphatic carbocycles. The van der Waals surface area contributed by atoms with Gasteiger partial charge in [0, 0.05) is 0 Å². The van der Waals surface area contributed by atoms with Crippen molar-refractivity contribution in [1.82, 2.24) is 4.98 Å². The Bertz CT molecular complexity index is 280. The zero-order valence-corrected chi connectivity index (χ0v) is 14.4. The van der Waals surface area contributed by atoms with Gasteiger partial charge < -0.3 is 0 Å². The Balaban J connectivity index is 2.80. The maximum absolute atomic E-state index is 4.59. The first kappa shape index (κ1) is 15.0. The van der Waals surface area contributed by atoms with Crippen LogP contribution >= 0.6 is 0 Å². The summed E-state index contributed by atoms with van der Waals surface area (Å²) in [4.78, 5) is 4.59. The quantitative estimate of drug-likeness (QED) is 0.654. The molecule has 94 valence electrons. The zero-order valence-electron chi connectivity index (χ0n) is 11.5. The van der Waals surface area contributed by atoms with Crippen molar-refractivity contribution in [2.75, 3.05) is 0 Å². The second kappa shape index (κ2) is 8.12. The van der Waals surface area contributed by atoms with Crippen LogP contribution in [0.25, 0.3) is 0 Å². The van der Waals surface area contributed by atoms with Gasteiger partial charge in [-0.2, -0.15) is 0 Å². The molecule has 1 nitrogen and oxygen atoms in total. The number of rotatable bonds is 8. The van der Waals surface area contributed by atoms with Crippen molar-refractivity contribution in [3.8, 4) is 0 Å². The molecule has 1 aromatic heterocycles. The van der Waals surface area contributed by atoms with E-state index in [4.69, 9.17) is 0 Å². The molecular formula is C15H25NSn. The van der Waals surface area contributed by atoms with E-state index in [-0.39, 0.29) is 0 Å².